The summed E-state index contributed by atoms with van der Waals surface area (Å²) in [6, 6.07) is 15.4. The number of hydrogen-bond donors (Lipinski definition) is 3. The van der Waals surface area contributed by atoms with Crippen LogP contribution in [0.1, 0.15) is 6.42 Å². The van der Waals surface area contributed by atoms with E-state index < -0.39 is 12.0 Å². The van der Waals surface area contributed by atoms with Gasteiger partial charge in [0.15, 0.2) is 5.43 Å². The first-order valence-corrected chi connectivity index (χ1v) is 8.86. The van der Waals surface area contributed by atoms with Gasteiger partial charge >= 0.3 is 5.97 Å². The maximum Gasteiger partial charge on any atom is 0.320 e. The van der Waals surface area contributed by atoms with Crippen molar-refractivity contribution in [3.8, 4) is 17.1 Å². The minimum atomic E-state index is -0.959. The van der Waals surface area contributed by atoms with Crippen molar-refractivity contribution in [2.24, 2.45) is 5.73 Å². The number of ether oxygens (including phenoxy) is 1. The molecule has 0 aliphatic rings. The summed E-state index contributed by atoms with van der Waals surface area (Å²) in [5, 5.41) is 8.75. The van der Waals surface area contributed by atoms with Gasteiger partial charge in [0, 0.05) is 11.6 Å². The first-order chi connectivity index (χ1) is 13.0. The topological polar surface area (TPSA) is 103 Å². The molecule has 3 aromatic rings. The van der Waals surface area contributed by atoms with E-state index in [0.29, 0.717) is 28.9 Å². The third kappa shape index (κ3) is 5.60. The third-order valence-corrected chi connectivity index (χ3v) is 4.00. The van der Waals surface area contributed by atoms with Gasteiger partial charge in [0.25, 0.3) is 0 Å². The van der Waals surface area contributed by atoms with Crippen LogP contribution in [0.4, 0.5) is 0 Å². The Kier molecular flexibility index (Phi) is 7.45. The second kappa shape index (κ2) is 9.80. The largest absolute Gasteiger partial charge is 0.497 e. The molecule has 0 saturated carbocycles. The zero-order chi connectivity index (χ0) is 19.8. The van der Waals surface area contributed by atoms with Crippen LogP contribution >= 0.6 is 12.6 Å². The molecule has 0 amide bonds. The van der Waals surface area contributed by atoms with Gasteiger partial charge in [-0.3, -0.25) is 9.59 Å². The van der Waals surface area contributed by atoms with E-state index >= 15 is 0 Å². The van der Waals surface area contributed by atoms with Crippen LogP contribution in [0.5, 0.6) is 5.75 Å². The number of nitrogens with two attached hydrogens (primary N) is 1. The van der Waals surface area contributed by atoms with Gasteiger partial charge in [-0.15, -0.1) is 0 Å². The number of benzene rings is 2. The van der Waals surface area contributed by atoms with Crippen LogP contribution in [0.15, 0.2) is 63.8 Å². The molecule has 27 heavy (non-hydrogen) atoms. The Morgan fingerprint density at radius 1 is 1.22 bits per heavy atom. The standard InChI is InChI=1S/C16H12O3.C4H9NO2S/c1-18-12-6-4-5-11(9-12)16-10-14(17)13-7-2-3-8-15(13)19-16;5-3(1-2-8)4(6)7/h2-10H,1H3;3,8H,1-2,5H2,(H,6,7)/t;3-/m.0/s1. The van der Waals surface area contributed by atoms with Gasteiger partial charge in [-0.25, -0.2) is 0 Å². The second-order valence-electron chi connectivity index (χ2n) is 5.66. The second-order valence-corrected chi connectivity index (χ2v) is 6.11. The lowest BCUT2D eigenvalue weighted by atomic mass is 10.1. The first-order valence-electron chi connectivity index (χ1n) is 8.23. The summed E-state index contributed by atoms with van der Waals surface area (Å²) >= 11 is 3.81. The van der Waals surface area contributed by atoms with Gasteiger partial charge in [-0.05, 0) is 36.4 Å². The lowest BCUT2D eigenvalue weighted by molar-refractivity contribution is -0.138. The molecule has 1 heterocycles. The third-order valence-electron chi connectivity index (χ3n) is 3.75. The average Bonchev–Trinajstić information content (AvgIpc) is 2.68. The highest BCUT2D eigenvalue weighted by Gasteiger charge is 2.08. The molecule has 6 nitrogen and oxygen atoms in total. The van der Waals surface area contributed by atoms with Crippen LogP contribution in [-0.4, -0.2) is 30.0 Å². The van der Waals surface area contributed by atoms with Crippen LogP contribution in [0.2, 0.25) is 0 Å². The molecule has 3 rings (SSSR count). The van der Waals surface area contributed by atoms with E-state index in [2.05, 4.69) is 12.6 Å². The number of methoxy groups -OCH3 is 1. The van der Waals surface area contributed by atoms with Crippen molar-refractivity contribution in [3.05, 3.63) is 64.8 Å². The monoisotopic (exact) mass is 387 g/mol. The van der Waals surface area contributed by atoms with E-state index in [0.717, 1.165) is 11.3 Å². The summed E-state index contributed by atoms with van der Waals surface area (Å²) in [6.45, 7) is 0. The number of para-hydroxylation sites is 1. The molecule has 0 saturated heterocycles. The van der Waals surface area contributed by atoms with Gasteiger partial charge in [0.1, 0.15) is 23.1 Å². The summed E-state index contributed by atoms with van der Waals surface area (Å²) in [5.41, 5.74) is 6.45. The Morgan fingerprint density at radius 3 is 2.59 bits per heavy atom. The molecule has 0 aliphatic carbocycles. The van der Waals surface area contributed by atoms with Crippen molar-refractivity contribution >= 4 is 29.6 Å². The molecule has 1 aromatic heterocycles. The van der Waals surface area contributed by atoms with E-state index in [1.807, 2.05) is 36.4 Å². The average molecular weight is 387 g/mol. The van der Waals surface area contributed by atoms with Crippen molar-refractivity contribution in [2.75, 3.05) is 12.9 Å². The van der Waals surface area contributed by atoms with E-state index in [1.54, 1.807) is 19.2 Å². The highest BCUT2D eigenvalue weighted by Crippen LogP contribution is 2.25. The Morgan fingerprint density at radius 2 is 1.96 bits per heavy atom. The molecular weight excluding hydrogens is 366 g/mol. The van der Waals surface area contributed by atoms with Crippen molar-refractivity contribution in [2.45, 2.75) is 12.5 Å². The molecule has 142 valence electrons. The number of fused-ring (bicyclic) bond motifs is 1. The SMILES string of the molecule is COc1cccc(-c2cc(=O)c3ccccc3o2)c1.N[C@@H](CCS)C(=O)O. The number of carbonyl (C=O) groups is 1. The minimum Gasteiger partial charge on any atom is -0.497 e. The number of hydrogen-bond acceptors (Lipinski definition) is 6. The van der Waals surface area contributed by atoms with E-state index in [9.17, 15) is 9.59 Å². The quantitative estimate of drug-likeness (QED) is 0.581. The van der Waals surface area contributed by atoms with E-state index in [-0.39, 0.29) is 5.43 Å². The van der Waals surface area contributed by atoms with Gasteiger partial charge in [-0.2, -0.15) is 12.6 Å². The fraction of sp³-hybridized carbons (Fsp3) is 0.200. The van der Waals surface area contributed by atoms with Crippen LogP contribution in [0.25, 0.3) is 22.3 Å². The van der Waals surface area contributed by atoms with Crippen LogP contribution < -0.4 is 15.9 Å². The number of carboxylic acid groups (broad SMARTS) is 1. The molecule has 7 heteroatoms. The number of aliphatic carboxylic acids is 1. The molecular formula is C20H21NO5S. The maximum absolute atomic E-state index is 12.0. The van der Waals surface area contributed by atoms with Crippen LogP contribution in [0.3, 0.4) is 0 Å². The predicted octanol–water partition coefficient (Wildman–Crippen LogP) is 3.19. The minimum absolute atomic E-state index is 0.0420. The van der Waals surface area contributed by atoms with Crippen molar-refractivity contribution in [1.82, 2.24) is 0 Å². The number of thiol groups is 1. The highest BCUT2D eigenvalue weighted by molar-refractivity contribution is 7.80. The summed E-state index contributed by atoms with van der Waals surface area (Å²) in [6.07, 6.45) is 0.429. The fourth-order valence-electron chi connectivity index (χ4n) is 2.29. The van der Waals surface area contributed by atoms with Crippen molar-refractivity contribution in [3.63, 3.8) is 0 Å². The molecule has 1 atom stereocenters. The van der Waals surface area contributed by atoms with Gasteiger partial charge in [0.2, 0.25) is 0 Å². The molecule has 0 radical (unpaired) electrons. The Bertz CT molecular complexity index is 970. The summed E-state index contributed by atoms with van der Waals surface area (Å²) < 4.78 is 10.9. The predicted molar refractivity (Wildman–Crippen MR) is 109 cm³/mol. The maximum atomic E-state index is 12.0. The molecule has 0 unspecified atom stereocenters. The fourth-order valence-corrected chi connectivity index (χ4v) is 2.56. The molecule has 0 bridgehead atoms. The molecule has 0 fully saturated rings. The molecule has 0 spiro atoms. The smallest absolute Gasteiger partial charge is 0.320 e. The lowest BCUT2D eigenvalue weighted by Gasteiger charge is -2.05. The van der Waals surface area contributed by atoms with Crippen LogP contribution in [0, 0.1) is 0 Å². The summed E-state index contributed by atoms with van der Waals surface area (Å²) in [4.78, 5) is 22.0. The van der Waals surface area contributed by atoms with E-state index in [4.69, 9.17) is 20.0 Å². The molecule has 3 N–H and O–H groups in total. The lowest BCUT2D eigenvalue weighted by Crippen LogP contribution is -2.30. The van der Waals surface area contributed by atoms with Crippen molar-refractivity contribution < 1.29 is 19.1 Å². The normalized spacial score (nSPS) is 11.4. The molecule has 0 aliphatic heterocycles. The summed E-state index contributed by atoms with van der Waals surface area (Å²) in [5.74, 6) is 0.836. The highest BCUT2D eigenvalue weighted by atomic mass is 32.1. The Hall–Kier alpha value is -2.77. The van der Waals surface area contributed by atoms with Crippen molar-refractivity contribution in [1.29, 1.82) is 0 Å². The number of rotatable bonds is 5. The van der Waals surface area contributed by atoms with E-state index in [1.165, 1.54) is 6.07 Å². The number of carboxylic acids is 1. The first kappa shape index (κ1) is 20.5. The van der Waals surface area contributed by atoms with Crippen LogP contribution in [-0.2, 0) is 4.79 Å². The zero-order valence-corrected chi connectivity index (χ0v) is 15.7. The summed E-state index contributed by atoms with van der Waals surface area (Å²) in [7, 11) is 1.61. The van der Waals surface area contributed by atoms with Gasteiger partial charge in [0.05, 0.1) is 12.5 Å². The Balaban J connectivity index is 0.000000279. The van der Waals surface area contributed by atoms with Gasteiger partial charge < -0.3 is 20.0 Å². The zero-order valence-electron chi connectivity index (χ0n) is 14.8. The Labute approximate surface area is 162 Å². The molecule has 2 aromatic carbocycles. The van der Waals surface area contributed by atoms with Gasteiger partial charge in [-0.1, -0.05) is 24.3 Å².